The van der Waals surface area contributed by atoms with Gasteiger partial charge in [-0.05, 0) is 30.3 Å². The minimum Gasteiger partial charge on any atom is -0.467 e. The van der Waals surface area contributed by atoms with Crippen molar-refractivity contribution in [2.24, 2.45) is 0 Å². The highest BCUT2D eigenvalue weighted by atomic mass is 35.5. The van der Waals surface area contributed by atoms with E-state index in [-0.39, 0.29) is 49.7 Å². The van der Waals surface area contributed by atoms with Gasteiger partial charge in [-0.3, -0.25) is 14.2 Å². The first-order valence-corrected chi connectivity index (χ1v) is 10.8. The van der Waals surface area contributed by atoms with Gasteiger partial charge >= 0.3 is 0 Å². The first kappa shape index (κ1) is 22.4. The van der Waals surface area contributed by atoms with Gasteiger partial charge in [0.2, 0.25) is 5.91 Å². The van der Waals surface area contributed by atoms with Crippen molar-refractivity contribution >= 4 is 40.2 Å². The second-order valence-corrected chi connectivity index (χ2v) is 7.89. The minimum atomic E-state index is -0.265. The zero-order chi connectivity index (χ0) is 22.2. The molecule has 2 heterocycles. The van der Waals surface area contributed by atoms with Gasteiger partial charge in [-0.15, -0.1) is 0 Å². The minimum absolute atomic E-state index is 0.00746. The quantitative estimate of drug-likeness (QED) is 0.358. The highest BCUT2D eigenvalue weighted by molar-refractivity contribution is 7.99. The Kier molecular flexibility index (Phi) is 7.71. The molecular formula is C21H18ClN5O3S. The van der Waals surface area contributed by atoms with Gasteiger partial charge in [0.25, 0.3) is 5.56 Å². The molecule has 3 rings (SSSR count). The van der Waals surface area contributed by atoms with Crippen LogP contribution in [0.4, 0.5) is 0 Å². The van der Waals surface area contributed by atoms with Crippen LogP contribution < -0.4 is 5.56 Å². The molecule has 1 amide bonds. The SMILES string of the molecule is N#CCCN(CCC#N)C(=O)CSc1nc2cc(Cl)ccc2c(=O)n1Cc1ccco1. The number of fused-ring (bicyclic) bond motifs is 1. The molecule has 0 saturated heterocycles. The van der Waals surface area contributed by atoms with Gasteiger partial charge in [-0.2, -0.15) is 10.5 Å². The molecule has 0 radical (unpaired) electrons. The number of aromatic nitrogens is 2. The second kappa shape index (κ2) is 10.7. The molecule has 8 nitrogen and oxygen atoms in total. The van der Waals surface area contributed by atoms with Crippen molar-refractivity contribution in [1.82, 2.24) is 14.5 Å². The molecule has 3 aromatic rings. The monoisotopic (exact) mass is 455 g/mol. The van der Waals surface area contributed by atoms with Gasteiger partial charge in [0.15, 0.2) is 5.16 Å². The second-order valence-electron chi connectivity index (χ2n) is 6.51. The van der Waals surface area contributed by atoms with E-state index in [1.807, 2.05) is 12.1 Å². The molecule has 0 aliphatic rings. The number of hydrogen-bond acceptors (Lipinski definition) is 7. The Hall–Kier alpha value is -3.27. The van der Waals surface area contributed by atoms with Crippen molar-refractivity contribution in [1.29, 1.82) is 10.5 Å². The lowest BCUT2D eigenvalue weighted by molar-refractivity contribution is -0.128. The molecule has 1 aromatic carbocycles. The van der Waals surface area contributed by atoms with E-state index >= 15 is 0 Å². The number of rotatable bonds is 9. The van der Waals surface area contributed by atoms with E-state index in [2.05, 4.69) is 4.98 Å². The molecule has 2 aromatic heterocycles. The lowest BCUT2D eigenvalue weighted by Gasteiger charge is -2.20. The first-order valence-electron chi connectivity index (χ1n) is 9.40. The van der Waals surface area contributed by atoms with Gasteiger partial charge in [-0.1, -0.05) is 23.4 Å². The number of thioether (sulfide) groups is 1. The fraction of sp³-hybridized carbons (Fsp3) is 0.286. The molecule has 0 N–H and O–H groups in total. The van der Waals surface area contributed by atoms with Gasteiger partial charge in [-0.25, -0.2) is 4.98 Å². The summed E-state index contributed by atoms with van der Waals surface area (Å²) in [5.41, 5.74) is 0.174. The van der Waals surface area contributed by atoms with Crippen LogP contribution in [0.5, 0.6) is 0 Å². The maximum atomic E-state index is 13.1. The van der Waals surface area contributed by atoms with Gasteiger partial charge in [0, 0.05) is 18.1 Å². The molecule has 10 heteroatoms. The highest BCUT2D eigenvalue weighted by Crippen LogP contribution is 2.22. The third-order valence-corrected chi connectivity index (χ3v) is 5.64. The molecule has 0 fully saturated rings. The molecule has 0 bridgehead atoms. The normalized spacial score (nSPS) is 10.5. The first-order chi connectivity index (χ1) is 15.0. The van der Waals surface area contributed by atoms with E-state index in [0.717, 1.165) is 11.8 Å². The van der Waals surface area contributed by atoms with E-state index in [4.69, 9.17) is 26.5 Å². The van der Waals surface area contributed by atoms with Gasteiger partial charge in [0.05, 0.1) is 54.4 Å². The van der Waals surface area contributed by atoms with Crippen LogP contribution in [0.25, 0.3) is 10.9 Å². The zero-order valence-corrected chi connectivity index (χ0v) is 18.0. The van der Waals surface area contributed by atoms with Crippen LogP contribution in [0.2, 0.25) is 5.02 Å². The highest BCUT2D eigenvalue weighted by Gasteiger charge is 2.18. The largest absolute Gasteiger partial charge is 0.467 e. The average Bonchev–Trinajstić information content (AvgIpc) is 3.27. The van der Waals surface area contributed by atoms with Crippen molar-refractivity contribution in [3.05, 3.63) is 57.7 Å². The summed E-state index contributed by atoms with van der Waals surface area (Å²) < 4.78 is 6.84. The van der Waals surface area contributed by atoms with E-state index in [0.29, 0.717) is 26.8 Å². The third kappa shape index (κ3) is 5.66. The van der Waals surface area contributed by atoms with Crippen molar-refractivity contribution in [2.75, 3.05) is 18.8 Å². The number of halogens is 1. The summed E-state index contributed by atoms with van der Waals surface area (Å²) in [6.07, 6.45) is 1.88. The molecule has 158 valence electrons. The topological polar surface area (TPSA) is 116 Å². The summed E-state index contributed by atoms with van der Waals surface area (Å²) in [7, 11) is 0. The van der Waals surface area contributed by atoms with E-state index in [1.165, 1.54) is 15.7 Å². The smallest absolute Gasteiger partial charge is 0.262 e. The van der Waals surface area contributed by atoms with Crippen LogP contribution in [-0.2, 0) is 11.3 Å². The van der Waals surface area contributed by atoms with Crippen LogP contribution in [0.15, 0.2) is 51.0 Å². The van der Waals surface area contributed by atoms with Gasteiger partial charge in [0.1, 0.15) is 5.76 Å². The maximum Gasteiger partial charge on any atom is 0.262 e. The Bertz CT molecular complexity index is 1190. The number of carbonyl (C=O) groups is 1. The summed E-state index contributed by atoms with van der Waals surface area (Å²) in [6.45, 7) is 0.662. The van der Waals surface area contributed by atoms with E-state index < -0.39 is 0 Å². The molecule has 31 heavy (non-hydrogen) atoms. The van der Waals surface area contributed by atoms with Crippen molar-refractivity contribution in [3.63, 3.8) is 0 Å². The number of benzene rings is 1. The third-order valence-electron chi connectivity index (χ3n) is 4.44. The predicted molar refractivity (Wildman–Crippen MR) is 117 cm³/mol. The molecule has 0 aliphatic heterocycles. The zero-order valence-electron chi connectivity index (χ0n) is 16.5. The number of furan rings is 1. The molecule has 0 saturated carbocycles. The van der Waals surface area contributed by atoms with Crippen LogP contribution in [0.1, 0.15) is 18.6 Å². The van der Waals surface area contributed by atoms with Crippen molar-refractivity contribution in [3.8, 4) is 12.1 Å². The molecule has 0 unspecified atom stereocenters. The lowest BCUT2D eigenvalue weighted by atomic mass is 10.2. The summed E-state index contributed by atoms with van der Waals surface area (Å²) in [5.74, 6) is 0.351. The summed E-state index contributed by atoms with van der Waals surface area (Å²) in [6, 6.07) is 12.3. The maximum absolute atomic E-state index is 13.1. The van der Waals surface area contributed by atoms with Crippen molar-refractivity contribution < 1.29 is 9.21 Å². The molecule has 0 spiro atoms. The van der Waals surface area contributed by atoms with Gasteiger partial charge < -0.3 is 9.32 Å². The van der Waals surface area contributed by atoms with E-state index in [1.54, 1.807) is 30.3 Å². The van der Waals surface area contributed by atoms with Crippen LogP contribution in [-0.4, -0.2) is 39.2 Å². The van der Waals surface area contributed by atoms with Crippen molar-refractivity contribution in [2.45, 2.75) is 24.5 Å². The summed E-state index contributed by atoms with van der Waals surface area (Å²) >= 11 is 7.18. The summed E-state index contributed by atoms with van der Waals surface area (Å²) in [4.78, 5) is 31.8. The Balaban J connectivity index is 1.90. The number of amides is 1. The molecular weight excluding hydrogens is 438 g/mol. The fourth-order valence-corrected chi connectivity index (χ4v) is 4.00. The molecule has 0 aliphatic carbocycles. The number of hydrogen-bond donors (Lipinski definition) is 0. The Morgan fingerprint density at radius 2 is 1.97 bits per heavy atom. The van der Waals surface area contributed by atoms with Crippen LogP contribution in [0.3, 0.4) is 0 Å². The van der Waals surface area contributed by atoms with E-state index in [9.17, 15) is 9.59 Å². The number of nitrogens with zero attached hydrogens (tertiary/aromatic N) is 5. The fourth-order valence-electron chi connectivity index (χ4n) is 2.93. The molecule has 0 atom stereocenters. The predicted octanol–water partition coefficient (Wildman–Crippen LogP) is 3.44. The Labute approximate surface area is 187 Å². The Morgan fingerprint density at radius 1 is 1.23 bits per heavy atom. The number of carbonyl (C=O) groups excluding carboxylic acids is 1. The standard InChI is InChI=1S/C21H18ClN5O3S/c22-15-5-6-17-18(12-15)25-21(27(20(17)29)13-16-4-1-11-30-16)31-14-19(28)26(9-2-7-23)10-3-8-24/h1,4-6,11-12H,2-3,9-10,13-14H2. The van der Waals surface area contributed by atoms with Crippen LogP contribution in [0, 0.1) is 22.7 Å². The lowest BCUT2D eigenvalue weighted by Crippen LogP contribution is -2.34. The number of nitriles is 2. The summed E-state index contributed by atoms with van der Waals surface area (Å²) in [5, 5.41) is 18.9. The Morgan fingerprint density at radius 3 is 2.61 bits per heavy atom. The average molecular weight is 456 g/mol. The van der Waals surface area contributed by atoms with Crippen LogP contribution >= 0.6 is 23.4 Å².